The van der Waals surface area contributed by atoms with Gasteiger partial charge in [-0.15, -0.1) is 10.2 Å². The molecule has 220 valence electrons. The number of halogens is 1. The fraction of sp³-hybridized carbons (Fsp3) is 0.310. The minimum absolute atomic E-state index is 0.0130. The van der Waals surface area contributed by atoms with E-state index in [9.17, 15) is 17.6 Å². The predicted octanol–water partition coefficient (Wildman–Crippen LogP) is 3.56. The number of H-pyrrole nitrogens is 1. The lowest BCUT2D eigenvalue weighted by molar-refractivity contribution is 0.0556. The number of fused-ring (bicyclic) bond motifs is 3. The summed E-state index contributed by atoms with van der Waals surface area (Å²) in [5, 5.41) is 12.0. The van der Waals surface area contributed by atoms with Crippen LogP contribution < -0.4 is 5.73 Å². The third-order valence-electron chi connectivity index (χ3n) is 8.55. The van der Waals surface area contributed by atoms with Crippen LogP contribution in [-0.2, 0) is 9.84 Å². The lowest BCUT2D eigenvalue weighted by atomic mass is 9.87. The number of aromatic nitrogens is 7. The summed E-state index contributed by atoms with van der Waals surface area (Å²) in [7, 11) is -3.78. The molecule has 1 amide bonds. The lowest BCUT2D eigenvalue weighted by Gasteiger charge is -2.38. The highest BCUT2D eigenvalue weighted by molar-refractivity contribution is 7.91. The molecule has 12 nitrogen and oxygen atoms in total. The van der Waals surface area contributed by atoms with E-state index in [1.807, 2.05) is 17.0 Å². The molecule has 0 aliphatic carbocycles. The Morgan fingerprint density at radius 2 is 1.84 bits per heavy atom. The van der Waals surface area contributed by atoms with E-state index in [2.05, 4.69) is 25.3 Å². The number of carbonyl (C=O) groups is 1. The zero-order valence-electron chi connectivity index (χ0n) is 23.4. The van der Waals surface area contributed by atoms with Crippen LogP contribution in [0.15, 0.2) is 53.9 Å². The van der Waals surface area contributed by atoms with Crippen LogP contribution in [0, 0.1) is 12.7 Å². The average molecular weight is 602 g/mol. The molecule has 0 unspecified atom stereocenters. The van der Waals surface area contributed by atoms with Crippen molar-refractivity contribution in [2.75, 3.05) is 12.0 Å². The number of amides is 1. The van der Waals surface area contributed by atoms with Crippen LogP contribution in [0.1, 0.15) is 53.5 Å². The largest absolute Gasteiger partial charge is 0.382 e. The van der Waals surface area contributed by atoms with Gasteiger partial charge in [-0.1, -0.05) is 18.2 Å². The summed E-state index contributed by atoms with van der Waals surface area (Å²) in [5.41, 5.74) is 10.4. The standard InChI is InChI=1S/C29H28FN9O3S/c1-15-3-4-16(11-22(15)30)23-8-5-17(12-32-23)21-13-35-39-26(31)25(43(2,41)42)24(36-28(21)39)18-9-19-6-7-20(10-18)38(19)29(40)27-33-14-34-37-27/h3-5,8,11-14,18-20H,6-7,9-10,31H2,1-2H3,(H,33,34,37)/t18-,19-,20+. The van der Waals surface area contributed by atoms with Gasteiger partial charge in [0.2, 0.25) is 5.82 Å². The Kier molecular flexibility index (Phi) is 6.27. The smallest absolute Gasteiger partial charge is 0.292 e. The summed E-state index contributed by atoms with van der Waals surface area (Å²) in [4.78, 5) is 27.2. The summed E-state index contributed by atoms with van der Waals surface area (Å²) in [6, 6.07) is 8.41. The molecule has 4 aromatic heterocycles. The highest BCUT2D eigenvalue weighted by Gasteiger charge is 2.46. The van der Waals surface area contributed by atoms with Gasteiger partial charge in [0.05, 0.1) is 17.6 Å². The van der Waals surface area contributed by atoms with Crippen LogP contribution in [-0.4, -0.2) is 72.3 Å². The number of anilines is 1. The third kappa shape index (κ3) is 4.52. The molecule has 2 aliphatic rings. The minimum Gasteiger partial charge on any atom is -0.382 e. The Morgan fingerprint density at radius 1 is 1.09 bits per heavy atom. The molecule has 6 heterocycles. The first-order valence-corrected chi connectivity index (χ1v) is 15.8. The summed E-state index contributed by atoms with van der Waals surface area (Å²) in [5.74, 6) is -0.584. The molecule has 14 heteroatoms. The van der Waals surface area contributed by atoms with Crippen molar-refractivity contribution in [3.63, 3.8) is 0 Å². The SMILES string of the molecule is Cc1ccc(-c2ccc(-c3cnn4c(N)c(S(C)(=O)=O)c([C@@H]5C[C@H]6CC[C@@H](C5)N6C(=O)c5nnc[nH]5)nc34)cn2)cc1F. The number of aryl methyl sites for hydroxylation is 1. The molecule has 0 spiro atoms. The van der Waals surface area contributed by atoms with E-state index >= 15 is 0 Å². The van der Waals surface area contributed by atoms with Crippen LogP contribution in [0.25, 0.3) is 28.0 Å². The molecule has 0 saturated carbocycles. The highest BCUT2D eigenvalue weighted by Crippen LogP contribution is 2.45. The monoisotopic (exact) mass is 601 g/mol. The van der Waals surface area contributed by atoms with Crippen LogP contribution in [0.3, 0.4) is 0 Å². The molecule has 2 saturated heterocycles. The maximum Gasteiger partial charge on any atom is 0.292 e. The van der Waals surface area contributed by atoms with Crippen molar-refractivity contribution < 1.29 is 17.6 Å². The summed E-state index contributed by atoms with van der Waals surface area (Å²) < 4.78 is 41.6. The van der Waals surface area contributed by atoms with Gasteiger partial charge in [-0.2, -0.15) is 9.61 Å². The molecule has 2 fully saturated rings. The second-order valence-corrected chi connectivity index (χ2v) is 13.2. The molecule has 0 radical (unpaired) electrons. The van der Waals surface area contributed by atoms with Crippen LogP contribution in [0.2, 0.25) is 0 Å². The number of pyridine rings is 1. The van der Waals surface area contributed by atoms with Gasteiger partial charge in [0.1, 0.15) is 22.9 Å². The van der Waals surface area contributed by atoms with E-state index in [0.29, 0.717) is 52.1 Å². The number of carbonyl (C=O) groups excluding carboxylic acids is 1. The normalized spacial score (nSPS) is 20.2. The number of benzene rings is 1. The van der Waals surface area contributed by atoms with Crippen LogP contribution >= 0.6 is 0 Å². The van der Waals surface area contributed by atoms with Gasteiger partial charge < -0.3 is 15.6 Å². The quantitative estimate of drug-likeness (QED) is 0.306. The molecule has 2 aliphatic heterocycles. The molecule has 43 heavy (non-hydrogen) atoms. The van der Waals surface area contributed by atoms with Crippen molar-refractivity contribution in [3.8, 4) is 22.4 Å². The van der Waals surface area contributed by atoms with Crippen molar-refractivity contribution in [2.24, 2.45) is 0 Å². The zero-order chi connectivity index (χ0) is 30.0. The van der Waals surface area contributed by atoms with Gasteiger partial charge in [-0.25, -0.2) is 17.8 Å². The fourth-order valence-corrected chi connectivity index (χ4v) is 7.58. The van der Waals surface area contributed by atoms with Gasteiger partial charge in [0.25, 0.3) is 5.91 Å². The predicted molar refractivity (Wildman–Crippen MR) is 155 cm³/mol. The van der Waals surface area contributed by atoms with Crippen molar-refractivity contribution in [1.82, 2.24) is 39.7 Å². The van der Waals surface area contributed by atoms with E-state index in [-0.39, 0.29) is 46.3 Å². The average Bonchev–Trinajstić information content (AvgIpc) is 3.72. The maximum atomic E-state index is 14.1. The minimum atomic E-state index is -3.78. The Bertz CT molecular complexity index is 1980. The van der Waals surface area contributed by atoms with Gasteiger partial charge in [0.15, 0.2) is 15.5 Å². The molecule has 3 N–H and O–H groups in total. The highest BCUT2D eigenvalue weighted by atomic mass is 32.2. The topological polar surface area (TPSA) is 165 Å². The Labute approximate surface area is 246 Å². The van der Waals surface area contributed by atoms with Gasteiger partial charge in [-0.05, 0) is 50.3 Å². The Balaban J connectivity index is 1.27. The molecule has 5 aromatic rings. The number of nitrogen functional groups attached to an aromatic ring is 1. The summed E-state index contributed by atoms with van der Waals surface area (Å²) in [6.07, 6.45) is 8.40. The first-order chi connectivity index (χ1) is 20.6. The number of nitrogens with zero attached hydrogens (tertiary/aromatic N) is 7. The van der Waals surface area contributed by atoms with Gasteiger partial charge in [-0.3, -0.25) is 9.78 Å². The first-order valence-electron chi connectivity index (χ1n) is 13.9. The maximum absolute atomic E-state index is 14.1. The number of piperidine rings is 1. The second kappa shape index (κ2) is 9.93. The van der Waals surface area contributed by atoms with Crippen LogP contribution in [0.4, 0.5) is 10.2 Å². The number of nitrogens with one attached hydrogen (secondary N) is 1. The van der Waals surface area contributed by atoms with Crippen molar-refractivity contribution in [3.05, 3.63) is 72.0 Å². The van der Waals surface area contributed by atoms with Crippen molar-refractivity contribution in [1.29, 1.82) is 0 Å². The number of aromatic amines is 1. The van der Waals surface area contributed by atoms with Gasteiger partial charge in [0, 0.05) is 47.1 Å². The van der Waals surface area contributed by atoms with Gasteiger partial charge >= 0.3 is 0 Å². The molecule has 7 rings (SSSR count). The summed E-state index contributed by atoms with van der Waals surface area (Å²) in [6.45, 7) is 1.70. The first kappa shape index (κ1) is 27.1. The van der Waals surface area contributed by atoms with E-state index in [1.54, 1.807) is 31.5 Å². The Morgan fingerprint density at radius 3 is 2.47 bits per heavy atom. The number of hydrogen-bond donors (Lipinski definition) is 2. The number of sulfone groups is 1. The van der Waals surface area contributed by atoms with Crippen molar-refractivity contribution in [2.45, 2.75) is 55.5 Å². The van der Waals surface area contributed by atoms with E-state index < -0.39 is 9.84 Å². The second-order valence-electron chi connectivity index (χ2n) is 11.3. The van der Waals surface area contributed by atoms with E-state index in [1.165, 1.54) is 16.9 Å². The lowest BCUT2D eigenvalue weighted by Crippen LogP contribution is -2.46. The van der Waals surface area contributed by atoms with Crippen molar-refractivity contribution >= 4 is 27.2 Å². The van der Waals surface area contributed by atoms with E-state index in [0.717, 1.165) is 19.1 Å². The fourth-order valence-electron chi connectivity index (χ4n) is 6.52. The van der Waals surface area contributed by atoms with E-state index in [4.69, 9.17) is 10.7 Å². The molecule has 1 aromatic carbocycles. The zero-order valence-corrected chi connectivity index (χ0v) is 24.2. The Hall–Kier alpha value is -4.72. The molecular formula is C29H28FN9O3S. The molecular weight excluding hydrogens is 573 g/mol. The number of hydrogen-bond acceptors (Lipinski definition) is 9. The third-order valence-corrected chi connectivity index (χ3v) is 9.71. The summed E-state index contributed by atoms with van der Waals surface area (Å²) >= 11 is 0. The number of rotatable bonds is 5. The molecule has 2 bridgehead atoms. The van der Waals surface area contributed by atoms with Crippen LogP contribution in [0.5, 0.6) is 0 Å². The molecule has 3 atom stereocenters. The number of nitrogens with two attached hydrogens (primary N) is 1.